The summed E-state index contributed by atoms with van der Waals surface area (Å²) in [5, 5.41) is 13.6. The molecule has 0 aliphatic carbocycles. The molecule has 2 N–H and O–H groups in total. The summed E-state index contributed by atoms with van der Waals surface area (Å²) in [4.78, 5) is 2.18. The van der Waals surface area contributed by atoms with Crippen molar-refractivity contribution < 1.29 is 14.6 Å². The number of nitrogens with zero attached hydrogens (tertiary/aromatic N) is 1. The molecule has 0 bridgehead atoms. The topological polar surface area (TPSA) is 54.0 Å². The van der Waals surface area contributed by atoms with Gasteiger partial charge in [-0.3, -0.25) is 0 Å². The van der Waals surface area contributed by atoms with Crippen LogP contribution < -0.4 is 14.8 Å². The highest BCUT2D eigenvalue weighted by atomic mass is 16.7. The van der Waals surface area contributed by atoms with Gasteiger partial charge in [0.05, 0.1) is 0 Å². The first-order valence-corrected chi connectivity index (χ1v) is 7.45. The molecule has 1 atom stereocenters. The van der Waals surface area contributed by atoms with Crippen LogP contribution in [0.5, 0.6) is 17.2 Å². The van der Waals surface area contributed by atoms with Crippen molar-refractivity contribution in [3.05, 3.63) is 17.7 Å². The van der Waals surface area contributed by atoms with E-state index >= 15 is 0 Å². The van der Waals surface area contributed by atoms with Gasteiger partial charge in [0, 0.05) is 30.8 Å². The Morgan fingerprint density at radius 1 is 1.24 bits per heavy atom. The molecule has 0 saturated heterocycles. The molecule has 1 aromatic carbocycles. The van der Waals surface area contributed by atoms with Crippen molar-refractivity contribution in [3.63, 3.8) is 0 Å². The normalized spacial score (nSPS) is 15.0. The molecule has 118 valence electrons. The maximum Gasteiger partial charge on any atom is 0.231 e. The fourth-order valence-corrected chi connectivity index (χ4v) is 2.60. The minimum absolute atomic E-state index is 0.224. The van der Waals surface area contributed by atoms with Crippen LogP contribution in [-0.4, -0.2) is 43.5 Å². The van der Waals surface area contributed by atoms with Crippen LogP contribution in [-0.2, 0) is 6.54 Å². The molecule has 5 heteroatoms. The quantitative estimate of drug-likeness (QED) is 0.807. The second-order valence-corrected chi connectivity index (χ2v) is 6.30. The number of nitrogens with one attached hydrogen (secondary N) is 1. The number of fused-ring (bicyclic) bond motifs is 1. The fourth-order valence-electron chi connectivity index (χ4n) is 2.60. The van der Waals surface area contributed by atoms with Crippen molar-refractivity contribution in [2.24, 2.45) is 5.92 Å². The van der Waals surface area contributed by atoms with E-state index in [9.17, 15) is 5.11 Å². The highest BCUT2D eigenvalue weighted by Gasteiger charge is 2.18. The van der Waals surface area contributed by atoms with Crippen LogP contribution in [0.15, 0.2) is 12.1 Å². The zero-order valence-corrected chi connectivity index (χ0v) is 13.3. The molecule has 0 radical (unpaired) electrons. The number of likely N-dealkylation sites (N-methyl/N-ethyl adjacent to an activating group) is 1. The first kappa shape index (κ1) is 15.9. The molecule has 2 rings (SSSR count). The van der Waals surface area contributed by atoms with Crippen molar-refractivity contribution in [1.29, 1.82) is 0 Å². The third kappa shape index (κ3) is 4.51. The molecule has 0 saturated carbocycles. The van der Waals surface area contributed by atoms with E-state index in [1.807, 2.05) is 6.07 Å². The van der Waals surface area contributed by atoms with Crippen LogP contribution in [0.25, 0.3) is 0 Å². The van der Waals surface area contributed by atoms with E-state index in [1.54, 1.807) is 6.07 Å². The van der Waals surface area contributed by atoms with Gasteiger partial charge in [0.2, 0.25) is 6.79 Å². The van der Waals surface area contributed by atoms with Crippen LogP contribution >= 0.6 is 0 Å². The molecule has 1 heterocycles. The number of phenolic OH excluding ortho intramolecular Hbond substituents is 1. The number of hydrogen-bond acceptors (Lipinski definition) is 5. The lowest BCUT2D eigenvalue weighted by Gasteiger charge is -2.24. The van der Waals surface area contributed by atoms with Gasteiger partial charge < -0.3 is 24.8 Å². The minimum Gasteiger partial charge on any atom is -0.507 e. The Balaban J connectivity index is 1.99. The van der Waals surface area contributed by atoms with E-state index in [0.29, 0.717) is 30.0 Å². The van der Waals surface area contributed by atoms with Gasteiger partial charge in [0.25, 0.3) is 0 Å². The number of ether oxygens (including phenoxy) is 2. The van der Waals surface area contributed by atoms with Crippen molar-refractivity contribution in [1.82, 2.24) is 10.2 Å². The molecule has 1 aliphatic rings. The molecule has 0 spiro atoms. The van der Waals surface area contributed by atoms with Crippen molar-refractivity contribution in [2.45, 2.75) is 32.9 Å². The summed E-state index contributed by atoms with van der Waals surface area (Å²) in [7, 11) is 4.15. The SMILES string of the molecule is CC(C)CC(CN(C)C)NCc1cc2c(cc1O)OCO2. The Bertz CT molecular complexity index is 465. The molecule has 1 aliphatic heterocycles. The molecule has 1 aromatic rings. The largest absolute Gasteiger partial charge is 0.507 e. The third-order valence-corrected chi connectivity index (χ3v) is 3.50. The Hall–Kier alpha value is -1.46. The first-order valence-electron chi connectivity index (χ1n) is 7.45. The van der Waals surface area contributed by atoms with E-state index < -0.39 is 0 Å². The van der Waals surface area contributed by atoms with E-state index in [-0.39, 0.29) is 12.5 Å². The molecule has 5 nitrogen and oxygen atoms in total. The van der Waals surface area contributed by atoms with Crippen LogP contribution in [0, 0.1) is 5.92 Å². The molecule has 0 fully saturated rings. The van der Waals surface area contributed by atoms with Gasteiger partial charge in [-0.25, -0.2) is 0 Å². The molecular formula is C16H26N2O3. The van der Waals surface area contributed by atoms with Crippen molar-refractivity contribution in [2.75, 3.05) is 27.4 Å². The zero-order chi connectivity index (χ0) is 15.4. The average Bonchev–Trinajstić information content (AvgIpc) is 2.81. The van der Waals surface area contributed by atoms with Crippen LogP contribution in [0.2, 0.25) is 0 Å². The summed E-state index contributed by atoms with van der Waals surface area (Å²) in [5.41, 5.74) is 0.840. The number of benzene rings is 1. The van der Waals surface area contributed by atoms with Gasteiger partial charge in [-0.2, -0.15) is 0 Å². The van der Waals surface area contributed by atoms with E-state index in [0.717, 1.165) is 18.5 Å². The van der Waals surface area contributed by atoms with Gasteiger partial charge in [-0.15, -0.1) is 0 Å². The van der Waals surface area contributed by atoms with E-state index in [2.05, 4.69) is 38.2 Å². The Labute approximate surface area is 126 Å². The number of aromatic hydroxyl groups is 1. The summed E-state index contributed by atoms with van der Waals surface area (Å²) in [6.45, 7) is 6.27. The van der Waals surface area contributed by atoms with Gasteiger partial charge in [-0.1, -0.05) is 13.8 Å². The van der Waals surface area contributed by atoms with E-state index in [4.69, 9.17) is 9.47 Å². The smallest absolute Gasteiger partial charge is 0.231 e. The summed E-state index contributed by atoms with van der Waals surface area (Å²) in [6, 6.07) is 3.88. The van der Waals surface area contributed by atoms with Crippen molar-refractivity contribution >= 4 is 0 Å². The Kier molecular flexibility index (Phi) is 5.31. The predicted octanol–water partition coefficient (Wildman–Crippen LogP) is 2.19. The summed E-state index contributed by atoms with van der Waals surface area (Å²) in [5.74, 6) is 2.20. The predicted molar refractivity (Wildman–Crippen MR) is 82.9 cm³/mol. The molecule has 1 unspecified atom stereocenters. The fraction of sp³-hybridized carbons (Fsp3) is 0.625. The second-order valence-electron chi connectivity index (χ2n) is 6.30. The molecule has 0 amide bonds. The van der Waals surface area contributed by atoms with Gasteiger partial charge >= 0.3 is 0 Å². The first-order chi connectivity index (χ1) is 9.95. The van der Waals surface area contributed by atoms with E-state index in [1.165, 1.54) is 0 Å². The van der Waals surface area contributed by atoms with Gasteiger partial charge in [-0.05, 0) is 32.5 Å². The minimum atomic E-state index is 0.224. The zero-order valence-electron chi connectivity index (χ0n) is 13.3. The summed E-state index contributed by atoms with van der Waals surface area (Å²) < 4.78 is 10.6. The molecule has 0 aromatic heterocycles. The standard InChI is InChI=1S/C16H26N2O3/c1-11(2)5-13(9-18(3)4)17-8-12-6-15-16(7-14(12)19)21-10-20-15/h6-7,11,13,17,19H,5,8-10H2,1-4H3. The average molecular weight is 294 g/mol. The van der Waals surface area contributed by atoms with Crippen LogP contribution in [0.1, 0.15) is 25.8 Å². The van der Waals surface area contributed by atoms with Crippen molar-refractivity contribution in [3.8, 4) is 17.2 Å². The Morgan fingerprint density at radius 2 is 1.90 bits per heavy atom. The van der Waals surface area contributed by atoms with Crippen LogP contribution in [0.3, 0.4) is 0 Å². The number of rotatable bonds is 7. The monoisotopic (exact) mass is 294 g/mol. The maximum atomic E-state index is 10.1. The lowest BCUT2D eigenvalue weighted by Crippen LogP contribution is -2.38. The molecule has 21 heavy (non-hydrogen) atoms. The lowest BCUT2D eigenvalue weighted by molar-refractivity contribution is 0.174. The number of hydrogen-bond donors (Lipinski definition) is 2. The van der Waals surface area contributed by atoms with Crippen LogP contribution in [0.4, 0.5) is 0 Å². The highest BCUT2D eigenvalue weighted by Crippen LogP contribution is 2.37. The third-order valence-electron chi connectivity index (χ3n) is 3.50. The molecular weight excluding hydrogens is 268 g/mol. The van der Waals surface area contributed by atoms with Gasteiger partial charge in [0.15, 0.2) is 11.5 Å². The summed E-state index contributed by atoms with van der Waals surface area (Å²) in [6.07, 6.45) is 1.10. The van der Waals surface area contributed by atoms with Gasteiger partial charge in [0.1, 0.15) is 5.75 Å². The number of phenols is 1. The highest BCUT2D eigenvalue weighted by molar-refractivity contribution is 5.51. The Morgan fingerprint density at radius 3 is 2.52 bits per heavy atom. The second kappa shape index (κ2) is 7.00. The maximum absolute atomic E-state index is 10.1. The summed E-state index contributed by atoms with van der Waals surface area (Å²) >= 11 is 0. The lowest BCUT2D eigenvalue weighted by atomic mass is 10.0.